The molecule has 0 atom stereocenters. The Kier molecular flexibility index (Phi) is 4.38. The van der Waals surface area contributed by atoms with E-state index in [9.17, 15) is 4.79 Å². The van der Waals surface area contributed by atoms with Crippen LogP contribution >= 0.6 is 0 Å². The van der Waals surface area contributed by atoms with Crippen LogP contribution in [-0.4, -0.2) is 45.1 Å². The fourth-order valence-corrected chi connectivity index (χ4v) is 2.48. The normalized spacial score (nSPS) is 14.0. The molecule has 0 bridgehead atoms. The van der Waals surface area contributed by atoms with Crippen molar-refractivity contribution in [1.29, 1.82) is 0 Å². The second-order valence-electron chi connectivity index (χ2n) is 5.98. The van der Waals surface area contributed by atoms with E-state index in [1.54, 1.807) is 25.3 Å². The maximum Gasteiger partial charge on any atom is 0.257 e. The molecule has 1 aliphatic carbocycles. The molecule has 0 saturated heterocycles. The van der Waals surface area contributed by atoms with E-state index in [2.05, 4.69) is 20.2 Å². The van der Waals surface area contributed by atoms with Gasteiger partial charge < -0.3 is 9.64 Å². The molecule has 1 amide bonds. The van der Waals surface area contributed by atoms with Gasteiger partial charge in [0.1, 0.15) is 5.82 Å². The van der Waals surface area contributed by atoms with Crippen molar-refractivity contribution in [3.05, 3.63) is 40.7 Å². The van der Waals surface area contributed by atoms with E-state index >= 15 is 0 Å². The average Bonchev–Trinajstić information content (AvgIpc) is 3.29. The maximum absolute atomic E-state index is 12.6. The summed E-state index contributed by atoms with van der Waals surface area (Å²) < 4.78 is 5.03. The number of carbonyl (C=O) groups is 1. The first-order valence-corrected chi connectivity index (χ1v) is 7.69. The molecule has 2 aromatic heterocycles. The van der Waals surface area contributed by atoms with Crippen LogP contribution in [0.5, 0.6) is 0 Å². The highest BCUT2D eigenvalue weighted by Crippen LogP contribution is 2.37. The van der Waals surface area contributed by atoms with E-state index in [-0.39, 0.29) is 5.91 Å². The number of nitrogens with one attached hydrogen (secondary N) is 1. The van der Waals surface area contributed by atoms with Crippen molar-refractivity contribution in [3.8, 4) is 0 Å². The summed E-state index contributed by atoms with van der Waals surface area (Å²) in [5, 5.41) is 7.05. The Hall–Kier alpha value is -2.28. The molecule has 0 radical (unpaired) electrons. The third kappa shape index (κ3) is 3.56. The molecule has 3 rings (SSSR count). The van der Waals surface area contributed by atoms with Gasteiger partial charge >= 0.3 is 0 Å². The number of aromatic nitrogens is 4. The number of aromatic amines is 1. The number of nitrogens with zero attached hydrogens (tertiary/aromatic N) is 4. The molecular formula is C16H21N5O2. The topological polar surface area (TPSA) is 84.0 Å². The molecule has 0 aliphatic heterocycles. The summed E-state index contributed by atoms with van der Waals surface area (Å²) in [7, 11) is 3.38. The molecule has 23 heavy (non-hydrogen) atoms. The Morgan fingerprint density at radius 1 is 1.48 bits per heavy atom. The van der Waals surface area contributed by atoms with E-state index in [0.717, 1.165) is 35.7 Å². The molecule has 1 aliphatic rings. The minimum atomic E-state index is -0.0901. The fraction of sp³-hybridized carbons (Fsp3) is 0.500. The van der Waals surface area contributed by atoms with Gasteiger partial charge in [-0.05, 0) is 25.8 Å². The highest BCUT2D eigenvalue weighted by atomic mass is 16.5. The Labute approximate surface area is 135 Å². The van der Waals surface area contributed by atoms with Gasteiger partial charge in [-0.3, -0.25) is 9.89 Å². The Balaban J connectivity index is 1.68. The summed E-state index contributed by atoms with van der Waals surface area (Å²) in [6.45, 7) is 2.75. The molecule has 0 aromatic carbocycles. The number of ether oxygens (including phenoxy) is 1. The van der Waals surface area contributed by atoms with Crippen molar-refractivity contribution in [3.63, 3.8) is 0 Å². The highest BCUT2D eigenvalue weighted by Gasteiger charge is 2.27. The molecule has 2 aromatic rings. The van der Waals surface area contributed by atoms with Crippen LogP contribution in [-0.2, 0) is 17.9 Å². The summed E-state index contributed by atoms with van der Waals surface area (Å²) >= 11 is 0. The molecule has 0 unspecified atom stereocenters. The van der Waals surface area contributed by atoms with Gasteiger partial charge in [0.15, 0.2) is 0 Å². The summed E-state index contributed by atoms with van der Waals surface area (Å²) in [5.74, 6) is 1.26. The molecule has 1 fully saturated rings. The summed E-state index contributed by atoms with van der Waals surface area (Å²) in [6.07, 6.45) is 3.95. The fourth-order valence-electron chi connectivity index (χ4n) is 2.48. The lowest BCUT2D eigenvalue weighted by molar-refractivity contribution is 0.0781. The van der Waals surface area contributed by atoms with Crippen LogP contribution in [0, 0.1) is 6.92 Å². The standard InChI is InChI=1S/C16H21N5O2/c1-10-14(7-17-15(18-10)11-4-5-11)16(22)21(2)8-12-6-13(9-23-3)20-19-12/h6-7,11H,4-5,8-9H2,1-3H3,(H,19,20). The second kappa shape index (κ2) is 6.45. The van der Waals surface area contributed by atoms with Gasteiger partial charge in [-0.2, -0.15) is 5.10 Å². The molecule has 7 heteroatoms. The number of methoxy groups -OCH3 is 1. The predicted molar refractivity (Wildman–Crippen MR) is 83.8 cm³/mol. The summed E-state index contributed by atoms with van der Waals surface area (Å²) in [6, 6.07) is 1.90. The molecule has 0 spiro atoms. The number of rotatable bonds is 6. The summed E-state index contributed by atoms with van der Waals surface area (Å²) in [4.78, 5) is 23.0. The lowest BCUT2D eigenvalue weighted by Crippen LogP contribution is -2.27. The predicted octanol–water partition coefficient (Wildman–Crippen LogP) is 1.80. The second-order valence-corrected chi connectivity index (χ2v) is 5.98. The largest absolute Gasteiger partial charge is 0.378 e. The third-order valence-corrected chi connectivity index (χ3v) is 3.90. The van der Waals surface area contributed by atoms with Crippen molar-refractivity contribution in [1.82, 2.24) is 25.1 Å². The maximum atomic E-state index is 12.6. The van der Waals surface area contributed by atoms with Gasteiger partial charge in [-0.1, -0.05) is 0 Å². The minimum absolute atomic E-state index is 0.0901. The Morgan fingerprint density at radius 2 is 2.26 bits per heavy atom. The first kappa shape index (κ1) is 15.6. The molecule has 1 N–H and O–H groups in total. The third-order valence-electron chi connectivity index (χ3n) is 3.90. The van der Waals surface area contributed by atoms with Crippen LogP contribution in [0.25, 0.3) is 0 Å². The zero-order chi connectivity index (χ0) is 16.4. The van der Waals surface area contributed by atoms with Crippen molar-refractivity contribution in [2.24, 2.45) is 0 Å². The SMILES string of the molecule is COCc1cc(CN(C)C(=O)c2cnc(C3CC3)nc2C)[nH]n1. The van der Waals surface area contributed by atoms with Crippen LogP contribution < -0.4 is 0 Å². The highest BCUT2D eigenvalue weighted by molar-refractivity contribution is 5.94. The van der Waals surface area contributed by atoms with Gasteiger partial charge in [0.2, 0.25) is 0 Å². The van der Waals surface area contributed by atoms with Crippen molar-refractivity contribution >= 4 is 5.91 Å². The van der Waals surface area contributed by atoms with Crippen LogP contribution in [0.3, 0.4) is 0 Å². The van der Waals surface area contributed by atoms with E-state index in [4.69, 9.17) is 4.74 Å². The van der Waals surface area contributed by atoms with Crippen LogP contribution in [0.2, 0.25) is 0 Å². The molecule has 1 saturated carbocycles. The van der Waals surface area contributed by atoms with Gasteiger partial charge in [-0.15, -0.1) is 0 Å². The zero-order valence-corrected chi connectivity index (χ0v) is 13.7. The number of carbonyl (C=O) groups excluding carboxylic acids is 1. The first-order valence-electron chi connectivity index (χ1n) is 7.69. The van der Waals surface area contributed by atoms with E-state index in [0.29, 0.717) is 24.6 Å². The number of hydrogen-bond acceptors (Lipinski definition) is 5. The summed E-state index contributed by atoms with van der Waals surface area (Å²) in [5.41, 5.74) is 2.97. The quantitative estimate of drug-likeness (QED) is 0.879. The van der Waals surface area contributed by atoms with Crippen LogP contribution in [0.4, 0.5) is 0 Å². The van der Waals surface area contributed by atoms with E-state index < -0.39 is 0 Å². The average molecular weight is 315 g/mol. The van der Waals surface area contributed by atoms with Gasteiger partial charge in [0.25, 0.3) is 5.91 Å². The van der Waals surface area contributed by atoms with Gasteiger partial charge in [-0.25, -0.2) is 9.97 Å². The monoisotopic (exact) mass is 315 g/mol. The van der Waals surface area contributed by atoms with Crippen molar-refractivity contribution in [2.45, 2.75) is 38.8 Å². The number of aryl methyl sites for hydroxylation is 1. The Morgan fingerprint density at radius 3 is 2.91 bits per heavy atom. The van der Waals surface area contributed by atoms with Crippen LogP contribution in [0.1, 0.15) is 52.0 Å². The smallest absolute Gasteiger partial charge is 0.257 e. The van der Waals surface area contributed by atoms with Gasteiger partial charge in [0.05, 0.1) is 35.8 Å². The number of H-pyrrole nitrogens is 1. The molecule has 2 heterocycles. The molecule has 7 nitrogen and oxygen atoms in total. The lowest BCUT2D eigenvalue weighted by atomic mass is 10.2. The van der Waals surface area contributed by atoms with Crippen LogP contribution in [0.15, 0.2) is 12.3 Å². The zero-order valence-electron chi connectivity index (χ0n) is 13.7. The molecule has 122 valence electrons. The molecular weight excluding hydrogens is 294 g/mol. The number of amides is 1. The van der Waals surface area contributed by atoms with Crippen molar-refractivity contribution < 1.29 is 9.53 Å². The van der Waals surface area contributed by atoms with E-state index in [1.807, 2.05) is 13.0 Å². The Bertz CT molecular complexity index is 708. The van der Waals surface area contributed by atoms with E-state index in [1.165, 1.54) is 0 Å². The first-order chi connectivity index (χ1) is 11.1. The minimum Gasteiger partial charge on any atom is -0.378 e. The van der Waals surface area contributed by atoms with Crippen molar-refractivity contribution in [2.75, 3.05) is 14.2 Å². The lowest BCUT2D eigenvalue weighted by Gasteiger charge is -2.17. The van der Waals surface area contributed by atoms with Gasteiger partial charge in [0, 0.05) is 26.3 Å². The number of hydrogen-bond donors (Lipinski definition) is 1.